The summed E-state index contributed by atoms with van der Waals surface area (Å²) in [4.78, 5) is 34.2. The fourth-order valence-electron chi connectivity index (χ4n) is 1.81. The lowest BCUT2D eigenvalue weighted by Crippen LogP contribution is -2.50. The topological polar surface area (TPSA) is 111 Å². The molecule has 1 aliphatic carbocycles. The first-order valence-corrected chi connectivity index (χ1v) is 7.17. The molecule has 0 saturated heterocycles. The summed E-state index contributed by atoms with van der Waals surface area (Å²) < 4.78 is 5.20. The Morgan fingerprint density at radius 3 is 2.43 bits per heavy atom. The summed E-state index contributed by atoms with van der Waals surface area (Å²) in [5.74, 6) is -0.168. The molecule has 0 bridgehead atoms. The minimum absolute atomic E-state index is 0.245. The molecule has 0 spiro atoms. The monoisotopic (exact) mass is 299 g/mol. The maximum Gasteiger partial charge on any atom is 0.325 e. The van der Waals surface area contributed by atoms with Crippen molar-refractivity contribution in [1.29, 1.82) is 0 Å². The summed E-state index contributed by atoms with van der Waals surface area (Å²) in [5.41, 5.74) is 5.14. The Balaban J connectivity index is 2.31. The molecule has 0 aliphatic heterocycles. The number of esters is 1. The van der Waals surface area contributed by atoms with Crippen LogP contribution in [0.2, 0.25) is 0 Å². The van der Waals surface area contributed by atoms with Crippen LogP contribution in [-0.2, 0) is 14.3 Å². The van der Waals surface area contributed by atoms with Crippen LogP contribution in [0.5, 0.6) is 0 Å². The highest BCUT2D eigenvalue weighted by molar-refractivity contribution is 5.82. The first-order chi connectivity index (χ1) is 9.77. The SMILES string of the molecule is CC(C)(C)C(C=O)NC(=O)NCC(=O)OC(CN)C1CC1. The van der Waals surface area contributed by atoms with Gasteiger partial charge in [0.15, 0.2) is 0 Å². The molecule has 1 aliphatic rings. The number of hydrogen-bond donors (Lipinski definition) is 3. The lowest BCUT2D eigenvalue weighted by atomic mass is 9.88. The van der Waals surface area contributed by atoms with Gasteiger partial charge in [-0.3, -0.25) is 4.79 Å². The molecular weight excluding hydrogens is 274 g/mol. The van der Waals surface area contributed by atoms with Gasteiger partial charge in [-0.1, -0.05) is 20.8 Å². The van der Waals surface area contributed by atoms with Gasteiger partial charge in [0, 0.05) is 6.54 Å². The average molecular weight is 299 g/mol. The summed E-state index contributed by atoms with van der Waals surface area (Å²) in [6.45, 7) is 5.55. The molecule has 0 aromatic rings. The van der Waals surface area contributed by atoms with Crippen LogP contribution in [0.1, 0.15) is 33.6 Å². The number of urea groups is 1. The van der Waals surface area contributed by atoms with Gasteiger partial charge in [0.05, 0.1) is 6.04 Å². The molecule has 120 valence electrons. The second kappa shape index (κ2) is 7.40. The van der Waals surface area contributed by atoms with Crippen molar-refractivity contribution in [3.05, 3.63) is 0 Å². The zero-order chi connectivity index (χ0) is 16.0. The van der Waals surface area contributed by atoms with E-state index < -0.39 is 23.5 Å². The molecule has 0 aromatic heterocycles. The van der Waals surface area contributed by atoms with E-state index in [1.54, 1.807) is 0 Å². The van der Waals surface area contributed by atoms with E-state index in [1.165, 1.54) is 0 Å². The third kappa shape index (κ3) is 6.12. The molecule has 1 rings (SSSR count). The normalized spacial score (nSPS) is 17.5. The van der Waals surface area contributed by atoms with E-state index in [-0.39, 0.29) is 12.6 Å². The van der Waals surface area contributed by atoms with E-state index in [0.717, 1.165) is 12.8 Å². The Labute approximate surface area is 125 Å². The number of nitrogens with two attached hydrogens (primary N) is 1. The Morgan fingerprint density at radius 2 is 2.00 bits per heavy atom. The summed E-state index contributed by atoms with van der Waals surface area (Å²) in [6.07, 6.45) is 2.46. The highest BCUT2D eigenvalue weighted by atomic mass is 16.5. The van der Waals surface area contributed by atoms with Gasteiger partial charge >= 0.3 is 12.0 Å². The minimum atomic E-state index is -0.628. The van der Waals surface area contributed by atoms with Crippen molar-refractivity contribution in [3.63, 3.8) is 0 Å². The molecule has 1 fully saturated rings. The zero-order valence-corrected chi connectivity index (χ0v) is 12.8. The van der Waals surface area contributed by atoms with E-state index in [4.69, 9.17) is 10.5 Å². The Morgan fingerprint density at radius 1 is 1.38 bits per heavy atom. The fourth-order valence-corrected chi connectivity index (χ4v) is 1.81. The zero-order valence-electron chi connectivity index (χ0n) is 12.8. The molecule has 7 nitrogen and oxygen atoms in total. The quantitative estimate of drug-likeness (QED) is 0.459. The van der Waals surface area contributed by atoms with E-state index >= 15 is 0 Å². The van der Waals surface area contributed by atoms with Gasteiger partial charge in [-0.05, 0) is 24.2 Å². The first-order valence-electron chi connectivity index (χ1n) is 7.17. The molecular formula is C14H25N3O4. The van der Waals surface area contributed by atoms with Crippen LogP contribution in [0.15, 0.2) is 0 Å². The van der Waals surface area contributed by atoms with Crippen LogP contribution in [0.4, 0.5) is 4.79 Å². The molecule has 7 heteroatoms. The molecule has 1 saturated carbocycles. The molecule has 0 radical (unpaired) electrons. The van der Waals surface area contributed by atoms with Gasteiger partial charge in [0.25, 0.3) is 0 Å². The van der Waals surface area contributed by atoms with Crippen molar-refractivity contribution in [2.24, 2.45) is 17.1 Å². The molecule has 0 aromatic carbocycles. The number of hydrogen-bond acceptors (Lipinski definition) is 5. The molecule has 2 amide bonds. The lowest BCUT2D eigenvalue weighted by molar-refractivity contribution is -0.148. The number of rotatable bonds is 7. The van der Waals surface area contributed by atoms with Crippen LogP contribution in [0.25, 0.3) is 0 Å². The molecule has 21 heavy (non-hydrogen) atoms. The van der Waals surface area contributed by atoms with Gasteiger partial charge < -0.3 is 25.9 Å². The standard InChI is InChI=1S/C14H25N3O4/c1-14(2,3)11(8-18)17-13(20)16-7-12(19)21-10(6-15)9-4-5-9/h8-11H,4-7,15H2,1-3H3,(H2,16,17,20). The summed E-state index contributed by atoms with van der Waals surface area (Å²) in [5, 5.41) is 4.90. The molecule has 0 heterocycles. The summed E-state index contributed by atoms with van der Waals surface area (Å²) in [6, 6.07) is -1.20. The van der Waals surface area contributed by atoms with Crippen molar-refractivity contribution >= 4 is 18.3 Å². The molecule has 2 unspecified atom stereocenters. The largest absolute Gasteiger partial charge is 0.459 e. The van der Waals surface area contributed by atoms with Crippen LogP contribution < -0.4 is 16.4 Å². The predicted octanol–water partition coefficient (Wildman–Crippen LogP) is 0.180. The van der Waals surface area contributed by atoms with E-state index in [0.29, 0.717) is 18.7 Å². The van der Waals surface area contributed by atoms with Crippen LogP contribution in [0.3, 0.4) is 0 Å². The number of amides is 2. The maximum atomic E-state index is 11.7. The highest BCUT2D eigenvalue weighted by Crippen LogP contribution is 2.33. The van der Waals surface area contributed by atoms with Gasteiger partial charge in [-0.2, -0.15) is 0 Å². The number of aldehydes is 1. The second-order valence-electron chi connectivity index (χ2n) is 6.41. The summed E-state index contributed by atoms with van der Waals surface area (Å²) in [7, 11) is 0. The predicted molar refractivity (Wildman–Crippen MR) is 77.5 cm³/mol. The third-order valence-corrected chi connectivity index (χ3v) is 3.41. The van der Waals surface area contributed by atoms with Crippen molar-refractivity contribution in [3.8, 4) is 0 Å². The van der Waals surface area contributed by atoms with Crippen molar-refractivity contribution in [2.45, 2.75) is 45.8 Å². The number of carbonyl (C=O) groups excluding carboxylic acids is 3. The Kier molecular flexibility index (Phi) is 6.14. The second-order valence-corrected chi connectivity index (χ2v) is 6.41. The van der Waals surface area contributed by atoms with Crippen LogP contribution >= 0.6 is 0 Å². The molecule has 4 N–H and O–H groups in total. The minimum Gasteiger partial charge on any atom is -0.459 e. The molecule has 2 atom stereocenters. The lowest BCUT2D eigenvalue weighted by Gasteiger charge is -2.26. The van der Waals surface area contributed by atoms with E-state index in [2.05, 4.69) is 10.6 Å². The Bertz CT molecular complexity index is 388. The van der Waals surface area contributed by atoms with E-state index in [1.807, 2.05) is 20.8 Å². The Hall–Kier alpha value is -1.63. The number of carbonyl (C=O) groups is 3. The maximum absolute atomic E-state index is 11.7. The van der Waals surface area contributed by atoms with Gasteiger partial charge in [-0.15, -0.1) is 0 Å². The van der Waals surface area contributed by atoms with Crippen molar-refractivity contribution in [1.82, 2.24) is 10.6 Å². The fraction of sp³-hybridized carbons (Fsp3) is 0.786. The third-order valence-electron chi connectivity index (χ3n) is 3.41. The van der Waals surface area contributed by atoms with Crippen LogP contribution in [-0.4, -0.2) is 43.5 Å². The van der Waals surface area contributed by atoms with Crippen LogP contribution in [0, 0.1) is 11.3 Å². The highest BCUT2D eigenvalue weighted by Gasteiger charge is 2.33. The van der Waals surface area contributed by atoms with Crippen molar-refractivity contribution in [2.75, 3.05) is 13.1 Å². The van der Waals surface area contributed by atoms with Crippen molar-refractivity contribution < 1.29 is 19.1 Å². The van der Waals surface area contributed by atoms with Gasteiger partial charge in [-0.25, -0.2) is 4.79 Å². The van der Waals surface area contributed by atoms with Gasteiger partial charge in [0.2, 0.25) is 0 Å². The number of ether oxygens (including phenoxy) is 1. The van der Waals surface area contributed by atoms with Gasteiger partial charge in [0.1, 0.15) is 18.9 Å². The first kappa shape index (κ1) is 17.4. The summed E-state index contributed by atoms with van der Waals surface area (Å²) >= 11 is 0. The average Bonchev–Trinajstić information content (AvgIpc) is 3.22. The number of nitrogens with one attached hydrogen (secondary N) is 2. The smallest absolute Gasteiger partial charge is 0.325 e. The van der Waals surface area contributed by atoms with E-state index in [9.17, 15) is 14.4 Å².